The van der Waals surface area contributed by atoms with Gasteiger partial charge in [0.25, 0.3) is 0 Å². The average Bonchev–Trinajstić information content (AvgIpc) is 1.97. The first-order valence-electron chi connectivity index (χ1n) is 3.07. The lowest BCUT2D eigenvalue weighted by Crippen LogP contribution is -2.17. The minimum atomic E-state index is -4.80. The van der Waals surface area contributed by atoms with E-state index in [1.807, 2.05) is 0 Å². The van der Waals surface area contributed by atoms with Crippen LogP contribution in [-0.4, -0.2) is 11.3 Å². The molecule has 8 heteroatoms. The van der Waals surface area contributed by atoms with Gasteiger partial charge in [0.2, 0.25) is 0 Å². The first-order valence-corrected chi connectivity index (χ1v) is 4.90. The molecule has 1 aromatic rings. The summed E-state index contributed by atoms with van der Waals surface area (Å²) in [7, 11) is 0. The summed E-state index contributed by atoms with van der Waals surface area (Å²) >= 11 is 12.7. The predicted octanol–water partition coefficient (Wildman–Crippen LogP) is 3.89. The fourth-order valence-corrected chi connectivity index (χ4v) is 1.48. The van der Waals surface area contributed by atoms with Crippen molar-refractivity contribution in [1.82, 2.24) is 4.98 Å². The molecule has 0 bridgehead atoms. The van der Waals surface area contributed by atoms with E-state index in [1.165, 1.54) is 0 Å². The fourth-order valence-electron chi connectivity index (χ4n) is 0.625. The zero-order valence-electron chi connectivity index (χ0n) is 6.20. The van der Waals surface area contributed by atoms with Crippen LogP contribution in [0.2, 0.25) is 10.2 Å². The Balaban J connectivity index is 3.04. The number of hydrogen-bond donors (Lipinski definition) is 0. The summed E-state index contributed by atoms with van der Waals surface area (Å²) in [6, 6.07) is 0.964. The lowest BCUT2D eigenvalue weighted by atomic mass is 10.5. The van der Waals surface area contributed by atoms with Crippen LogP contribution >= 0.6 is 45.8 Å². The highest BCUT2D eigenvalue weighted by atomic mass is 127. The number of hydrogen-bond acceptors (Lipinski definition) is 2. The highest BCUT2D eigenvalue weighted by molar-refractivity contribution is 14.1. The monoisotopic (exact) mass is 357 g/mol. The molecule has 1 heterocycles. The molecule has 0 spiro atoms. The van der Waals surface area contributed by atoms with Gasteiger partial charge in [0.1, 0.15) is 3.70 Å². The molecule has 0 saturated heterocycles. The maximum atomic E-state index is 11.8. The van der Waals surface area contributed by atoms with E-state index in [4.69, 9.17) is 23.2 Å². The van der Waals surface area contributed by atoms with Crippen LogP contribution in [0.15, 0.2) is 6.07 Å². The van der Waals surface area contributed by atoms with Gasteiger partial charge in [-0.05, 0) is 22.6 Å². The molecule has 1 aromatic heterocycles. The molecule has 0 unspecified atom stereocenters. The molecule has 0 aromatic carbocycles. The number of alkyl halides is 3. The lowest BCUT2D eigenvalue weighted by Gasteiger charge is -2.10. The van der Waals surface area contributed by atoms with E-state index in [-0.39, 0.29) is 10.2 Å². The normalized spacial score (nSPS) is 11.6. The third kappa shape index (κ3) is 3.32. The number of rotatable bonds is 1. The minimum absolute atomic E-state index is 0.0502. The molecule has 0 amide bonds. The molecule has 0 aliphatic rings. The number of halogens is 6. The van der Waals surface area contributed by atoms with Crippen molar-refractivity contribution in [3.63, 3.8) is 0 Å². The Morgan fingerprint density at radius 3 is 2.43 bits per heavy atom. The van der Waals surface area contributed by atoms with Crippen LogP contribution in [0.4, 0.5) is 13.2 Å². The van der Waals surface area contributed by atoms with E-state index in [0.29, 0.717) is 3.70 Å². The van der Waals surface area contributed by atoms with E-state index in [9.17, 15) is 13.2 Å². The third-order valence-corrected chi connectivity index (χ3v) is 2.78. The molecule has 14 heavy (non-hydrogen) atoms. The van der Waals surface area contributed by atoms with Crippen molar-refractivity contribution in [2.75, 3.05) is 0 Å². The molecule has 0 radical (unpaired) electrons. The molecule has 0 aliphatic carbocycles. The first kappa shape index (κ1) is 12.1. The highest BCUT2D eigenvalue weighted by Crippen LogP contribution is 2.32. The van der Waals surface area contributed by atoms with Crippen LogP contribution in [0.25, 0.3) is 0 Å². The number of pyridine rings is 1. The Morgan fingerprint density at radius 2 is 1.93 bits per heavy atom. The predicted molar refractivity (Wildman–Crippen MR) is 53.7 cm³/mol. The SMILES string of the molecule is FC(F)(F)Oc1cc(Cl)c(I)nc1Cl. The lowest BCUT2D eigenvalue weighted by molar-refractivity contribution is -0.274. The Bertz CT molecular complexity index is 358. The maximum Gasteiger partial charge on any atom is 0.573 e. The summed E-state index contributed by atoms with van der Waals surface area (Å²) in [6.07, 6.45) is -4.80. The minimum Gasteiger partial charge on any atom is -0.402 e. The molecule has 0 aliphatic heterocycles. The summed E-state index contributed by atoms with van der Waals surface area (Å²) in [5.74, 6) is -0.607. The summed E-state index contributed by atoms with van der Waals surface area (Å²) in [5.41, 5.74) is 0. The van der Waals surface area contributed by atoms with Crippen molar-refractivity contribution in [3.05, 3.63) is 19.9 Å². The number of nitrogens with zero attached hydrogens (tertiary/aromatic N) is 1. The van der Waals surface area contributed by atoms with Gasteiger partial charge in [0.05, 0.1) is 5.02 Å². The Hall–Kier alpha value is 0.0500. The molecule has 0 saturated carbocycles. The molecule has 0 N–H and O–H groups in total. The average molecular weight is 358 g/mol. The maximum absolute atomic E-state index is 11.8. The number of aromatic nitrogens is 1. The van der Waals surface area contributed by atoms with Crippen LogP contribution in [0, 0.1) is 3.70 Å². The van der Waals surface area contributed by atoms with Gasteiger partial charge in [0, 0.05) is 6.07 Å². The van der Waals surface area contributed by atoms with Crippen LogP contribution in [0.1, 0.15) is 0 Å². The molecule has 0 fully saturated rings. The second kappa shape index (κ2) is 4.28. The quantitative estimate of drug-likeness (QED) is 0.562. The van der Waals surface area contributed by atoms with Gasteiger partial charge in [-0.1, -0.05) is 23.2 Å². The van der Waals surface area contributed by atoms with Crippen molar-refractivity contribution >= 4 is 45.8 Å². The van der Waals surface area contributed by atoms with E-state index in [0.717, 1.165) is 6.07 Å². The van der Waals surface area contributed by atoms with Crippen molar-refractivity contribution in [1.29, 1.82) is 0 Å². The van der Waals surface area contributed by atoms with Gasteiger partial charge in [-0.3, -0.25) is 0 Å². The smallest absolute Gasteiger partial charge is 0.402 e. The van der Waals surface area contributed by atoms with Gasteiger partial charge >= 0.3 is 6.36 Å². The van der Waals surface area contributed by atoms with Crippen molar-refractivity contribution in [2.45, 2.75) is 6.36 Å². The Kier molecular flexibility index (Phi) is 3.70. The summed E-state index contributed by atoms with van der Waals surface area (Å²) < 4.78 is 39.3. The van der Waals surface area contributed by atoms with Gasteiger partial charge in [-0.2, -0.15) is 0 Å². The second-order valence-corrected chi connectivity index (χ2v) is 3.88. The van der Waals surface area contributed by atoms with Gasteiger partial charge < -0.3 is 4.74 Å². The number of ether oxygens (including phenoxy) is 1. The zero-order chi connectivity index (χ0) is 10.9. The van der Waals surface area contributed by atoms with Gasteiger partial charge in [-0.15, -0.1) is 13.2 Å². The molecule has 1 rings (SSSR count). The second-order valence-electron chi connectivity index (χ2n) is 2.10. The molecular weight excluding hydrogens is 357 g/mol. The largest absolute Gasteiger partial charge is 0.573 e. The van der Waals surface area contributed by atoms with Crippen LogP contribution < -0.4 is 4.74 Å². The standard InChI is InChI=1S/C6HCl2F3INO/c7-2-1-3(14-6(9,10)11)4(8)13-5(2)12/h1H. The van der Waals surface area contributed by atoms with Crippen molar-refractivity contribution in [2.24, 2.45) is 0 Å². The summed E-state index contributed by atoms with van der Waals surface area (Å²) in [6.45, 7) is 0. The van der Waals surface area contributed by atoms with Crippen LogP contribution in [0.3, 0.4) is 0 Å². The van der Waals surface area contributed by atoms with Crippen molar-refractivity contribution < 1.29 is 17.9 Å². The fraction of sp³-hybridized carbons (Fsp3) is 0.167. The highest BCUT2D eigenvalue weighted by Gasteiger charge is 2.32. The zero-order valence-corrected chi connectivity index (χ0v) is 9.87. The van der Waals surface area contributed by atoms with Crippen LogP contribution in [-0.2, 0) is 0 Å². The van der Waals surface area contributed by atoms with E-state index in [2.05, 4.69) is 9.72 Å². The Labute approximate surface area is 100 Å². The van der Waals surface area contributed by atoms with E-state index in [1.54, 1.807) is 22.6 Å². The van der Waals surface area contributed by atoms with Crippen LogP contribution in [0.5, 0.6) is 5.75 Å². The molecular formula is C6HCl2F3INO. The van der Waals surface area contributed by atoms with Crippen molar-refractivity contribution in [3.8, 4) is 5.75 Å². The van der Waals surface area contributed by atoms with E-state index < -0.39 is 12.1 Å². The van der Waals surface area contributed by atoms with Gasteiger partial charge in [-0.25, -0.2) is 4.98 Å². The van der Waals surface area contributed by atoms with E-state index >= 15 is 0 Å². The molecule has 0 atom stereocenters. The molecule has 2 nitrogen and oxygen atoms in total. The summed E-state index contributed by atoms with van der Waals surface area (Å²) in [5, 5.41) is -0.328. The summed E-state index contributed by atoms with van der Waals surface area (Å²) in [4.78, 5) is 3.55. The topological polar surface area (TPSA) is 22.1 Å². The third-order valence-electron chi connectivity index (χ3n) is 1.08. The van der Waals surface area contributed by atoms with Gasteiger partial charge in [0.15, 0.2) is 10.9 Å². The molecule has 78 valence electrons. The first-order chi connectivity index (χ1) is 6.29. The Morgan fingerprint density at radius 1 is 1.36 bits per heavy atom.